The molecule has 0 heterocycles. The quantitative estimate of drug-likeness (QED) is 0.585. The fraction of sp³-hybridized carbons (Fsp3) is 1.00. The number of hydrogen-bond donors (Lipinski definition) is 0. The van der Waals surface area contributed by atoms with Crippen LogP contribution in [0.3, 0.4) is 0 Å². The second-order valence-corrected chi connectivity index (χ2v) is 9.90. The summed E-state index contributed by atoms with van der Waals surface area (Å²) in [6.45, 7) is 0.901. The van der Waals surface area contributed by atoms with Gasteiger partial charge in [-0.15, -0.1) is 0 Å². The van der Waals surface area contributed by atoms with E-state index >= 15 is 0 Å². The van der Waals surface area contributed by atoms with Gasteiger partial charge in [0.15, 0.2) is 6.61 Å². The van der Waals surface area contributed by atoms with E-state index in [1.165, 1.54) is 6.92 Å². The molecule has 0 bridgehead atoms. The van der Waals surface area contributed by atoms with E-state index in [-0.39, 0.29) is 6.61 Å². The lowest BCUT2D eigenvalue weighted by atomic mass is 10.7. The van der Waals surface area contributed by atoms with Crippen LogP contribution in [0.2, 0.25) is 13.1 Å². The van der Waals surface area contributed by atoms with Gasteiger partial charge in [0.25, 0.3) is 0 Å². The molecular formula is C6H13F3O8S2Si. The molecule has 0 saturated carbocycles. The van der Waals surface area contributed by atoms with Crippen LogP contribution >= 0.6 is 0 Å². The van der Waals surface area contributed by atoms with E-state index in [9.17, 15) is 30.0 Å². The van der Waals surface area contributed by atoms with Gasteiger partial charge < -0.3 is 0 Å². The summed E-state index contributed by atoms with van der Waals surface area (Å²) in [6.07, 6.45) is -4.89. The minimum Gasteiger partial charge on any atom is -0.262 e. The molecule has 0 aliphatic carbocycles. The molecule has 0 rings (SSSR count). The van der Waals surface area contributed by atoms with Gasteiger partial charge >= 0.3 is 35.5 Å². The molecule has 0 unspecified atom stereocenters. The minimum absolute atomic E-state index is 0.274. The zero-order chi connectivity index (χ0) is 16.2. The molecule has 0 aromatic carbocycles. The van der Waals surface area contributed by atoms with Crippen LogP contribution in [0, 0.1) is 0 Å². The molecule has 0 saturated heterocycles. The van der Waals surface area contributed by atoms with Crippen LogP contribution in [-0.2, 0) is 36.9 Å². The smallest absolute Gasteiger partial charge is 0.262 e. The fourth-order valence-electron chi connectivity index (χ4n) is 0.837. The second-order valence-electron chi connectivity index (χ2n) is 3.67. The Hall–Kier alpha value is -0.253. The molecule has 0 radical (unpaired) electrons. The van der Waals surface area contributed by atoms with Crippen molar-refractivity contribution < 1.29 is 46.1 Å². The molecule has 14 heteroatoms. The van der Waals surface area contributed by atoms with Gasteiger partial charge in [0, 0.05) is 0 Å². The van der Waals surface area contributed by atoms with Crippen LogP contribution in [0.5, 0.6) is 0 Å². The zero-order valence-electron chi connectivity index (χ0n) is 10.6. The van der Waals surface area contributed by atoms with Gasteiger partial charge in [-0.3, -0.25) is 7.74 Å². The summed E-state index contributed by atoms with van der Waals surface area (Å²) in [6, 6.07) is 0. The van der Waals surface area contributed by atoms with Crippen molar-refractivity contribution in [1.82, 2.24) is 0 Å². The lowest BCUT2D eigenvalue weighted by Gasteiger charge is -2.20. The van der Waals surface area contributed by atoms with Crippen LogP contribution in [-0.4, -0.2) is 44.8 Å². The second kappa shape index (κ2) is 6.67. The monoisotopic (exact) mass is 362 g/mol. The molecule has 0 spiro atoms. The third-order valence-electron chi connectivity index (χ3n) is 1.23. The number of halogens is 3. The van der Waals surface area contributed by atoms with Crippen molar-refractivity contribution >= 4 is 29.4 Å². The first-order valence-electron chi connectivity index (χ1n) is 4.95. The van der Waals surface area contributed by atoms with E-state index in [1.54, 1.807) is 0 Å². The maximum atomic E-state index is 11.8. The summed E-state index contributed by atoms with van der Waals surface area (Å²) < 4.78 is 96.2. The molecule has 20 heavy (non-hydrogen) atoms. The van der Waals surface area contributed by atoms with Crippen molar-refractivity contribution in [1.29, 1.82) is 0 Å². The Kier molecular flexibility index (Phi) is 6.59. The summed E-state index contributed by atoms with van der Waals surface area (Å²) >= 11 is 0. The standard InChI is InChI=1S/C6H13F3O8S2Si/c1-4-14-18(10,11)16-20(2,3)17-19(12,13)15-5-6(7,8)9/h4-5H2,1-3H3. The van der Waals surface area contributed by atoms with Gasteiger partial charge in [-0.1, -0.05) is 0 Å². The van der Waals surface area contributed by atoms with Crippen LogP contribution in [0.4, 0.5) is 13.2 Å². The molecule has 8 nitrogen and oxygen atoms in total. The SMILES string of the molecule is CCOS(=O)(=O)O[Si](C)(C)OS(=O)(=O)OCC(F)(F)F. The van der Waals surface area contributed by atoms with Crippen molar-refractivity contribution in [3.8, 4) is 0 Å². The Bertz CT molecular complexity index is 511. The first-order chi connectivity index (χ1) is 8.68. The van der Waals surface area contributed by atoms with Crippen molar-refractivity contribution in [3.05, 3.63) is 0 Å². The van der Waals surface area contributed by atoms with Crippen molar-refractivity contribution in [2.75, 3.05) is 13.2 Å². The largest absolute Gasteiger partial charge is 0.413 e. The highest BCUT2D eigenvalue weighted by Gasteiger charge is 2.40. The van der Waals surface area contributed by atoms with Crippen LogP contribution < -0.4 is 0 Å². The summed E-state index contributed by atoms with van der Waals surface area (Å²) in [5.41, 5.74) is 0. The Morgan fingerprint density at radius 2 is 1.35 bits per heavy atom. The van der Waals surface area contributed by atoms with Crippen LogP contribution in [0.15, 0.2) is 0 Å². The van der Waals surface area contributed by atoms with Gasteiger partial charge in [-0.25, -0.2) is 8.37 Å². The van der Waals surface area contributed by atoms with E-state index in [1.807, 2.05) is 0 Å². The third-order valence-corrected chi connectivity index (χ3v) is 7.01. The van der Waals surface area contributed by atoms with Crippen molar-refractivity contribution in [3.63, 3.8) is 0 Å². The van der Waals surface area contributed by atoms with Crippen LogP contribution in [0.25, 0.3) is 0 Å². The summed E-state index contributed by atoms with van der Waals surface area (Å²) in [7, 11) is -13.5. The predicted octanol–water partition coefficient (Wildman–Crippen LogP) is 0.826. The number of rotatable bonds is 8. The highest BCUT2D eigenvalue weighted by Crippen LogP contribution is 2.20. The van der Waals surface area contributed by atoms with Gasteiger partial charge in [-0.05, 0) is 20.0 Å². The van der Waals surface area contributed by atoms with Gasteiger partial charge in [0.1, 0.15) is 0 Å². The summed E-state index contributed by atoms with van der Waals surface area (Å²) in [4.78, 5) is 0. The van der Waals surface area contributed by atoms with E-state index in [2.05, 4.69) is 16.1 Å². The summed E-state index contributed by atoms with van der Waals surface area (Å²) in [5, 5.41) is 0. The number of alkyl halides is 3. The lowest BCUT2D eigenvalue weighted by molar-refractivity contribution is -0.153. The van der Waals surface area contributed by atoms with Gasteiger partial charge in [0.2, 0.25) is 0 Å². The maximum absolute atomic E-state index is 11.8. The topological polar surface area (TPSA) is 105 Å². The molecule has 0 atom stereocenters. The molecule has 0 aromatic rings. The van der Waals surface area contributed by atoms with Crippen molar-refractivity contribution in [2.45, 2.75) is 26.2 Å². The molecule has 0 aliphatic rings. The highest BCUT2D eigenvalue weighted by atomic mass is 32.3. The Labute approximate surface area is 115 Å². The van der Waals surface area contributed by atoms with E-state index in [0.29, 0.717) is 0 Å². The number of hydrogen-bond acceptors (Lipinski definition) is 8. The Morgan fingerprint density at radius 3 is 1.70 bits per heavy atom. The van der Waals surface area contributed by atoms with Crippen LogP contribution in [0.1, 0.15) is 6.92 Å². The molecule has 0 fully saturated rings. The Balaban J connectivity index is 4.75. The van der Waals surface area contributed by atoms with E-state index in [0.717, 1.165) is 13.1 Å². The van der Waals surface area contributed by atoms with E-state index < -0.39 is 42.1 Å². The molecule has 122 valence electrons. The predicted molar refractivity (Wildman–Crippen MR) is 61.1 cm³/mol. The average molecular weight is 362 g/mol. The first kappa shape index (κ1) is 19.7. The normalized spacial score (nSPS) is 14.5. The van der Waals surface area contributed by atoms with Crippen molar-refractivity contribution in [2.24, 2.45) is 0 Å². The van der Waals surface area contributed by atoms with Gasteiger partial charge in [-0.2, -0.15) is 30.0 Å². The minimum atomic E-state index is -5.06. The fourth-order valence-corrected chi connectivity index (χ4v) is 6.08. The molecule has 0 amide bonds. The summed E-state index contributed by atoms with van der Waals surface area (Å²) in [5.74, 6) is 0. The first-order valence-corrected chi connectivity index (χ1v) is 10.4. The molecular weight excluding hydrogens is 349 g/mol. The zero-order valence-corrected chi connectivity index (χ0v) is 13.3. The molecule has 0 aromatic heterocycles. The molecule has 0 aliphatic heterocycles. The van der Waals surface area contributed by atoms with E-state index in [4.69, 9.17) is 0 Å². The highest BCUT2D eigenvalue weighted by molar-refractivity contribution is 7.84. The molecule has 0 N–H and O–H groups in total. The third kappa shape index (κ3) is 9.62. The maximum Gasteiger partial charge on any atom is 0.413 e. The Morgan fingerprint density at radius 1 is 0.950 bits per heavy atom. The van der Waals surface area contributed by atoms with Gasteiger partial charge in [0.05, 0.1) is 6.61 Å². The lowest BCUT2D eigenvalue weighted by Crippen LogP contribution is -2.41. The average Bonchev–Trinajstić information content (AvgIpc) is 2.09.